The van der Waals surface area contributed by atoms with E-state index in [2.05, 4.69) is 32.0 Å². The first kappa shape index (κ1) is 13.6. The van der Waals surface area contributed by atoms with E-state index in [0.717, 1.165) is 11.8 Å². The van der Waals surface area contributed by atoms with E-state index < -0.39 is 0 Å². The van der Waals surface area contributed by atoms with Crippen molar-refractivity contribution in [1.82, 2.24) is 0 Å². The van der Waals surface area contributed by atoms with E-state index in [0.29, 0.717) is 22.9 Å². The zero-order chi connectivity index (χ0) is 13.8. The van der Waals surface area contributed by atoms with Crippen LogP contribution in [0.5, 0.6) is 5.75 Å². The van der Waals surface area contributed by atoms with Crippen LogP contribution in [0.25, 0.3) is 0 Å². The smallest absolute Gasteiger partial charge is 0.150 e. The number of hydrogen-bond acceptors (Lipinski definition) is 2. The Bertz CT molecular complexity index is 606. The molecule has 0 spiro atoms. The molecule has 0 radical (unpaired) electrons. The molecule has 3 heteroatoms. The second-order valence-corrected chi connectivity index (χ2v) is 4.93. The summed E-state index contributed by atoms with van der Waals surface area (Å²) in [6, 6.07) is 11.3. The van der Waals surface area contributed by atoms with E-state index >= 15 is 0 Å². The monoisotopic (exact) mass is 274 g/mol. The van der Waals surface area contributed by atoms with E-state index in [4.69, 9.17) is 16.3 Å². The van der Waals surface area contributed by atoms with E-state index in [1.54, 1.807) is 18.2 Å². The number of aldehydes is 1. The number of benzene rings is 2. The van der Waals surface area contributed by atoms with Crippen molar-refractivity contribution in [3.63, 3.8) is 0 Å². The molecule has 0 amide bonds. The third kappa shape index (κ3) is 3.36. The molecule has 0 N–H and O–H groups in total. The largest absolute Gasteiger partial charge is 0.487 e. The highest BCUT2D eigenvalue weighted by atomic mass is 35.5. The average Bonchev–Trinajstić information content (AvgIpc) is 2.40. The van der Waals surface area contributed by atoms with Gasteiger partial charge in [-0.15, -0.1) is 0 Å². The highest BCUT2D eigenvalue weighted by Gasteiger charge is 2.05. The van der Waals surface area contributed by atoms with E-state index in [-0.39, 0.29) is 0 Å². The minimum atomic E-state index is 0.454. The van der Waals surface area contributed by atoms with Gasteiger partial charge in [0.2, 0.25) is 0 Å². The fraction of sp³-hybridized carbons (Fsp3) is 0.188. The molecule has 0 saturated heterocycles. The summed E-state index contributed by atoms with van der Waals surface area (Å²) in [5, 5.41) is 0.454. The van der Waals surface area contributed by atoms with Gasteiger partial charge in [0.1, 0.15) is 18.6 Å². The van der Waals surface area contributed by atoms with Crippen LogP contribution in [0.4, 0.5) is 0 Å². The lowest BCUT2D eigenvalue weighted by molar-refractivity contribution is 0.112. The molecule has 0 atom stereocenters. The topological polar surface area (TPSA) is 26.3 Å². The van der Waals surface area contributed by atoms with E-state index in [1.807, 2.05) is 0 Å². The first-order valence-electron chi connectivity index (χ1n) is 6.04. The predicted octanol–water partition coefficient (Wildman–Crippen LogP) is 4.35. The first-order valence-corrected chi connectivity index (χ1v) is 6.41. The predicted molar refractivity (Wildman–Crippen MR) is 77.1 cm³/mol. The van der Waals surface area contributed by atoms with E-state index in [9.17, 15) is 4.79 Å². The average molecular weight is 275 g/mol. The number of halogens is 1. The molecule has 2 aromatic carbocycles. The molecule has 0 heterocycles. The normalized spacial score (nSPS) is 10.3. The van der Waals surface area contributed by atoms with Crippen LogP contribution in [0.3, 0.4) is 0 Å². The molecule has 0 aliphatic carbocycles. The summed E-state index contributed by atoms with van der Waals surface area (Å²) < 4.78 is 5.71. The second-order valence-electron chi connectivity index (χ2n) is 4.53. The van der Waals surface area contributed by atoms with Crippen molar-refractivity contribution in [2.24, 2.45) is 0 Å². The second kappa shape index (κ2) is 5.89. The van der Waals surface area contributed by atoms with Gasteiger partial charge in [0, 0.05) is 5.56 Å². The fourth-order valence-corrected chi connectivity index (χ4v) is 2.06. The molecule has 2 rings (SSSR count). The molecule has 0 bridgehead atoms. The molecule has 98 valence electrons. The van der Waals surface area contributed by atoms with Crippen molar-refractivity contribution >= 4 is 17.9 Å². The summed E-state index contributed by atoms with van der Waals surface area (Å²) in [6.07, 6.45) is 0.764. The number of aryl methyl sites for hydroxylation is 2. The first-order chi connectivity index (χ1) is 9.10. The Labute approximate surface area is 118 Å². The van der Waals surface area contributed by atoms with E-state index in [1.165, 1.54) is 11.1 Å². The molecular formula is C16H15ClO2. The zero-order valence-corrected chi connectivity index (χ0v) is 11.7. The molecule has 0 aliphatic rings. The molecule has 0 aromatic heterocycles. The number of carbonyl (C=O) groups excluding carboxylic acids is 1. The third-order valence-corrected chi connectivity index (χ3v) is 3.28. The van der Waals surface area contributed by atoms with Gasteiger partial charge >= 0.3 is 0 Å². The number of ether oxygens (including phenoxy) is 1. The van der Waals surface area contributed by atoms with Gasteiger partial charge in [0.15, 0.2) is 0 Å². The van der Waals surface area contributed by atoms with Gasteiger partial charge in [-0.3, -0.25) is 4.79 Å². The van der Waals surface area contributed by atoms with Gasteiger partial charge in [-0.25, -0.2) is 0 Å². The van der Waals surface area contributed by atoms with Crippen molar-refractivity contribution < 1.29 is 9.53 Å². The van der Waals surface area contributed by atoms with Crippen LogP contribution in [0, 0.1) is 13.8 Å². The molecule has 0 unspecified atom stereocenters. The number of hydrogen-bond donors (Lipinski definition) is 0. The summed E-state index contributed by atoms with van der Waals surface area (Å²) in [5.41, 5.74) is 4.07. The van der Waals surface area contributed by atoms with Gasteiger partial charge in [0.25, 0.3) is 0 Å². The molecule has 0 aliphatic heterocycles. The maximum atomic E-state index is 10.6. The van der Waals surface area contributed by atoms with Crippen LogP contribution in [-0.2, 0) is 6.61 Å². The van der Waals surface area contributed by atoms with Crippen molar-refractivity contribution in [3.8, 4) is 5.75 Å². The Hall–Kier alpha value is -1.80. The summed E-state index contributed by atoms with van der Waals surface area (Å²) in [6.45, 7) is 4.57. The lowest BCUT2D eigenvalue weighted by atomic mass is 10.1. The molecule has 2 nitrogen and oxygen atoms in total. The van der Waals surface area contributed by atoms with Gasteiger partial charge in [-0.2, -0.15) is 0 Å². The highest BCUT2D eigenvalue weighted by Crippen LogP contribution is 2.26. The Balaban J connectivity index is 2.14. The summed E-state index contributed by atoms with van der Waals surface area (Å²) in [4.78, 5) is 10.6. The van der Waals surface area contributed by atoms with Crippen LogP contribution in [0.2, 0.25) is 5.02 Å². The third-order valence-electron chi connectivity index (χ3n) is 2.98. The van der Waals surface area contributed by atoms with Crippen molar-refractivity contribution in [3.05, 3.63) is 63.7 Å². The van der Waals surface area contributed by atoms with Crippen LogP contribution in [-0.4, -0.2) is 6.29 Å². The summed E-state index contributed by atoms with van der Waals surface area (Å²) in [7, 11) is 0. The Morgan fingerprint density at radius 1 is 1.16 bits per heavy atom. The van der Waals surface area contributed by atoms with Crippen LogP contribution < -0.4 is 4.74 Å². The standard InChI is InChI=1S/C16H15ClO2/c1-11-3-4-12(2)14(7-11)10-19-16-6-5-13(9-18)8-15(16)17/h3-9H,10H2,1-2H3. The lowest BCUT2D eigenvalue weighted by Gasteiger charge is -2.11. The minimum Gasteiger partial charge on any atom is -0.487 e. The van der Waals surface area contributed by atoms with Gasteiger partial charge < -0.3 is 4.74 Å². The van der Waals surface area contributed by atoms with Crippen molar-refractivity contribution in [2.75, 3.05) is 0 Å². The SMILES string of the molecule is Cc1ccc(C)c(COc2ccc(C=O)cc2Cl)c1. The minimum absolute atomic E-state index is 0.454. The highest BCUT2D eigenvalue weighted by molar-refractivity contribution is 6.32. The Kier molecular flexibility index (Phi) is 4.23. The fourth-order valence-electron chi connectivity index (χ4n) is 1.82. The Morgan fingerprint density at radius 2 is 1.95 bits per heavy atom. The zero-order valence-electron chi connectivity index (χ0n) is 10.9. The Morgan fingerprint density at radius 3 is 2.63 bits per heavy atom. The van der Waals surface area contributed by atoms with Crippen LogP contribution in [0.15, 0.2) is 36.4 Å². The van der Waals surface area contributed by atoms with Gasteiger partial charge in [0.05, 0.1) is 5.02 Å². The molecule has 2 aromatic rings. The summed E-state index contributed by atoms with van der Waals surface area (Å²) in [5.74, 6) is 0.591. The van der Waals surface area contributed by atoms with Gasteiger partial charge in [-0.1, -0.05) is 35.4 Å². The number of rotatable bonds is 4. The molecule has 0 fully saturated rings. The molecule has 0 saturated carbocycles. The van der Waals surface area contributed by atoms with Crippen LogP contribution >= 0.6 is 11.6 Å². The maximum Gasteiger partial charge on any atom is 0.150 e. The molecule has 19 heavy (non-hydrogen) atoms. The quantitative estimate of drug-likeness (QED) is 0.775. The van der Waals surface area contributed by atoms with Crippen molar-refractivity contribution in [2.45, 2.75) is 20.5 Å². The maximum absolute atomic E-state index is 10.6. The summed E-state index contributed by atoms with van der Waals surface area (Å²) >= 11 is 6.06. The van der Waals surface area contributed by atoms with Crippen molar-refractivity contribution in [1.29, 1.82) is 0 Å². The lowest BCUT2D eigenvalue weighted by Crippen LogP contribution is -1.99. The van der Waals surface area contributed by atoms with Crippen LogP contribution in [0.1, 0.15) is 27.0 Å². The number of carbonyl (C=O) groups is 1. The van der Waals surface area contributed by atoms with Gasteiger partial charge in [-0.05, 0) is 43.2 Å². The molecular weight excluding hydrogens is 260 g/mol.